The van der Waals surface area contributed by atoms with E-state index in [-0.39, 0.29) is 44.7 Å². The van der Waals surface area contributed by atoms with E-state index in [0.717, 1.165) is 27.6 Å². The van der Waals surface area contributed by atoms with Gasteiger partial charge < -0.3 is 48.0 Å². The van der Waals surface area contributed by atoms with Crippen LogP contribution in [0.25, 0.3) is 10.9 Å². The highest BCUT2D eigenvalue weighted by molar-refractivity contribution is 5.96. The lowest BCUT2D eigenvalue weighted by molar-refractivity contribution is -0.145. The molecule has 3 heterocycles. The van der Waals surface area contributed by atoms with E-state index in [1.807, 2.05) is 48.5 Å². The number of guanidine groups is 1. The highest BCUT2D eigenvalue weighted by Gasteiger charge is 2.39. The van der Waals surface area contributed by atoms with Gasteiger partial charge in [0.2, 0.25) is 29.5 Å². The quantitative estimate of drug-likeness (QED) is 0.0461. The summed E-state index contributed by atoms with van der Waals surface area (Å²) < 4.78 is 0. The van der Waals surface area contributed by atoms with Crippen LogP contribution in [0.4, 0.5) is 0 Å². The van der Waals surface area contributed by atoms with Gasteiger partial charge in [-0.2, -0.15) is 0 Å². The third-order valence-corrected chi connectivity index (χ3v) is 8.83. The Labute approximate surface area is 294 Å². The first-order valence-electron chi connectivity index (χ1n) is 16.6. The van der Waals surface area contributed by atoms with E-state index in [0.29, 0.717) is 12.1 Å². The van der Waals surface area contributed by atoms with E-state index in [1.165, 1.54) is 18.2 Å². The number of nitrogens with zero attached hydrogens (tertiary/aromatic N) is 3. The van der Waals surface area contributed by atoms with Crippen molar-refractivity contribution in [3.63, 3.8) is 0 Å². The van der Waals surface area contributed by atoms with Crippen LogP contribution in [0, 0.1) is 0 Å². The maximum absolute atomic E-state index is 14.2. The van der Waals surface area contributed by atoms with Crippen molar-refractivity contribution < 1.29 is 24.0 Å². The van der Waals surface area contributed by atoms with Gasteiger partial charge in [-0.1, -0.05) is 42.5 Å². The van der Waals surface area contributed by atoms with Gasteiger partial charge in [0.25, 0.3) is 0 Å². The Morgan fingerprint density at radius 2 is 1.67 bits per heavy atom. The Hall–Kier alpha value is -6.19. The Kier molecular flexibility index (Phi) is 11.7. The van der Waals surface area contributed by atoms with Gasteiger partial charge in [-0.3, -0.25) is 29.0 Å². The number of hydrogen-bond donors (Lipinski definition) is 8. The van der Waals surface area contributed by atoms with Crippen molar-refractivity contribution in [1.29, 1.82) is 0 Å². The van der Waals surface area contributed by atoms with Gasteiger partial charge >= 0.3 is 0 Å². The number of hydrogen-bond acceptors (Lipinski definition) is 7. The molecule has 2 aromatic heterocycles. The number of aromatic nitrogens is 3. The van der Waals surface area contributed by atoms with E-state index >= 15 is 0 Å². The van der Waals surface area contributed by atoms with E-state index in [1.54, 1.807) is 12.4 Å². The first kappa shape index (κ1) is 36.1. The summed E-state index contributed by atoms with van der Waals surface area (Å²) in [4.78, 5) is 82.5. The van der Waals surface area contributed by atoms with Crippen molar-refractivity contribution in [2.24, 2.45) is 22.2 Å². The number of para-hydroxylation sites is 1. The zero-order chi connectivity index (χ0) is 36.5. The molecule has 4 aromatic rings. The molecule has 4 atom stereocenters. The summed E-state index contributed by atoms with van der Waals surface area (Å²) >= 11 is 0. The van der Waals surface area contributed by atoms with Crippen molar-refractivity contribution in [3.8, 4) is 0 Å². The molecule has 16 nitrogen and oxygen atoms in total. The molecule has 0 fully saturated rings. The smallest absolute Gasteiger partial charge is 0.246 e. The number of primary amides is 1. The Bertz CT molecular complexity index is 1900. The molecular weight excluding hydrogens is 654 g/mol. The van der Waals surface area contributed by atoms with Crippen LogP contribution in [-0.2, 0) is 49.8 Å². The number of H-pyrrole nitrogens is 2. The molecule has 0 radical (unpaired) electrons. The van der Waals surface area contributed by atoms with Crippen LogP contribution < -0.4 is 33.2 Å². The minimum Gasteiger partial charge on any atom is -0.370 e. The lowest BCUT2D eigenvalue weighted by atomic mass is 9.92. The highest BCUT2D eigenvalue weighted by atomic mass is 16.2. The molecule has 51 heavy (non-hydrogen) atoms. The SMILES string of the molecule is CC(=O)N[C@@H](Cc1cnc[nH]1)C(=O)N1Cc2ccccc2C[C@H]1C(=O)N[C@@H](CCCN=C(N)N)C(=O)N[C@@H](Cc1c[nH]c2ccccc12)C(N)=O. The topological polar surface area (TPSA) is 260 Å². The van der Waals surface area contributed by atoms with Crippen molar-refractivity contribution in [2.45, 2.75) is 69.7 Å². The molecule has 0 aliphatic carbocycles. The summed E-state index contributed by atoms with van der Waals surface area (Å²) in [6, 6.07) is 10.7. The number of nitrogens with one attached hydrogen (secondary N) is 5. The second kappa shape index (κ2) is 16.5. The molecule has 5 rings (SSSR count). The molecule has 11 N–H and O–H groups in total. The average molecular weight is 698 g/mol. The summed E-state index contributed by atoms with van der Waals surface area (Å²) in [5.41, 5.74) is 20.7. The van der Waals surface area contributed by atoms with Gasteiger partial charge in [-0.25, -0.2) is 4.98 Å². The fourth-order valence-corrected chi connectivity index (χ4v) is 6.31. The molecule has 268 valence electrons. The molecular formula is C35H43N11O5. The summed E-state index contributed by atoms with van der Waals surface area (Å²) in [5.74, 6) is -2.99. The number of benzene rings is 2. The first-order chi connectivity index (χ1) is 24.5. The molecule has 16 heteroatoms. The second-order valence-corrected chi connectivity index (χ2v) is 12.5. The molecule has 0 unspecified atom stereocenters. The Morgan fingerprint density at radius 1 is 0.922 bits per heavy atom. The van der Waals surface area contributed by atoms with Crippen LogP contribution in [0.15, 0.2) is 72.2 Å². The van der Waals surface area contributed by atoms with Crippen molar-refractivity contribution in [3.05, 3.63) is 89.6 Å². The van der Waals surface area contributed by atoms with Crippen LogP contribution in [0.3, 0.4) is 0 Å². The third-order valence-electron chi connectivity index (χ3n) is 8.83. The fraction of sp³-hybridized carbons (Fsp3) is 0.343. The molecule has 0 spiro atoms. The third kappa shape index (κ3) is 9.29. The van der Waals surface area contributed by atoms with Gasteiger partial charge in [0.05, 0.1) is 6.33 Å². The zero-order valence-corrected chi connectivity index (χ0v) is 28.2. The van der Waals surface area contributed by atoms with Gasteiger partial charge in [0.1, 0.15) is 24.2 Å². The Morgan fingerprint density at radius 3 is 2.37 bits per heavy atom. The molecule has 2 aromatic carbocycles. The van der Waals surface area contributed by atoms with Crippen LogP contribution in [0.2, 0.25) is 0 Å². The number of aliphatic imine (C=N–C) groups is 1. The molecule has 1 aliphatic heterocycles. The highest BCUT2D eigenvalue weighted by Crippen LogP contribution is 2.25. The summed E-state index contributed by atoms with van der Waals surface area (Å²) in [7, 11) is 0. The predicted molar refractivity (Wildman–Crippen MR) is 189 cm³/mol. The van der Waals surface area contributed by atoms with Crippen molar-refractivity contribution >= 4 is 46.4 Å². The molecule has 0 bridgehead atoms. The largest absolute Gasteiger partial charge is 0.370 e. The molecule has 0 saturated heterocycles. The van der Waals surface area contributed by atoms with E-state index in [9.17, 15) is 24.0 Å². The minimum absolute atomic E-state index is 0.0991. The monoisotopic (exact) mass is 697 g/mol. The minimum atomic E-state index is -1.14. The van der Waals surface area contributed by atoms with Crippen LogP contribution >= 0.6 is 0 Å². The molecule has 1 aliphatic rings. The maximum atomic E-state index is 14.2. The van der Waals surface area contributed by atoms with Crippen molar-refractivity contribution in [2.75, 3.05) is 6.54 Å². The number of aromatic amines is 2. The normalized spacial score (nSPS) is 15.5. The van der Waals surface area contributed by atoms with Gasteiger partial charge in [0, 0.05) is 68.3 Å². The van der Waals surface area contributed by atoms with E-state index in [4.69, 9.17) is 17.2 Å². The lowest BCUT2D eigenvalue weighted by Gasteiger charge is -2.38. The van der Waals surface area contributed by atoms with Gasteiger partial charge in [0.15, 0.2) is 5.96 Å². The first-order valence-corrected chi connectivity index (χ1v) is 16.6. The number of fused-ring (bicyclic) bond motifs is 2. The van der Waals surface area contributed by atoms with E-state index in [2.05, 4.69) is 35.9 Å². The van der Waals surface area contributed by atoms with Crippen LogP contribution in [0.1, 0.15) is 42.1 Å². The Balaban J connectivity index is 1.39. The summed E-state index contributed by atoms with van der Waals surface area (Å²) in [6.45, 7) is 1.60. The molecule has 0 saturated carbocycles. The number of carbonyl (C=O) groups excluding carboxylic acids is 5. The number of amides is 5. The van der Waals surface area contributed by atoms with Gasteiger partial charge in [-0.15, -0.1) is 0 Å². The second-order valence-electron chi connectivity index (χ2n) is 12.5. The van der Waals surface area contributed by atoms with Gasteiger partial charge in [-0.05, 0) is 35.6 Å². The number of rotatable bonds is 15. The standard InChI is InChI=1S/C35H43N11O5/c1-20(47)43-29(15-24-17-39-19-42-24)34(51)46-18-22-8-3-2-7-21(22)14-30(46)33(50)44-27(11-6-12-40-35(37)38)32(49)45-28(31(36)48)13-23-16-41-26-10-5-4-9-25(23)26/h2-5,7-10,16-17,19,27-30,41H,6,11-15,18H2,1H3,(H2,36,48)(H,39,42)(H,43,47)(H,44,50)(H,45,49)(H4,37,38,40)/t27-,28-,29-,30-/m0/s1. The number of nitrogens with two attached hydrogens (primary N) is 3. The predicted octanol–water partition coefficient (Wildman–Crippen LogP) is -0.357. The maximum Gasteiger partial charge on any atom is 0.246 e. The lowest BCUT2D eigenvalue weighted by Crippen LogP contribution is -2.60. The summed E-state index contributed by atoms with van der Waals surface area (Å²) in [5, 5.41) is 9.15. The van der Waals surface area contributed by atoms with Crippen LogP contribution in [-0.4, -0.2) is 86.1 Å². The van der Waals surface area contributed by atoms with Crippen molar-refractivity contribution in [1.82, 2.24) is 35.8 Å². The summed E-state index contributed by atoms with van der Waals surface area (Å²) in [6.07, 6.45) is 5.60. The zero-order valence-electron chi connectivity index (χ0n) is 28.2. The fourth-order valence-electron chi connectivity index (χ4n) is 6.31. The molecule has 5 amide bonds. The average Bonchev–Trinajstić information content (AvgIpc) is 3.77. The number of imidazole rings is 1. The number of carbonyl (C=O) groups is 5. The van der Waals surface area contributed by atoms with Crippen LogP contribution in [0.5, 0.6) is 0 Å². The van der Waals surface area contributed by atoms with E-state index < -0.39 is 53.7 Å².